The molecular weight excluding hydrogens is 249 g/mol. The second-order valence-electron chi connectivity index (χ2n) is 3.25. The van der Waals surface area contributed by atoms with Crippen LogP contribution in [0.3, 0.4) is 0 Å². The lowest BCUT2D eigenvalue weighted by Crippen LogP contribution is -1.93. The Labute approximate surface area is 101 Å². The van der Waals surface area contributed by atoms with Gasteiger partial charge in [0.15, 0.2) is 5.88 Å². The van der Waals surface area contributed by atoms with E-state index >= 15 is 0 Å². The van der Waals surface area contributed by atoms with Crippen LogP contribution >= 0.6 is 11.6 Å². The lowest BCUT2D eigenvalue weighted by Gasteiger charge is -2.03. The Morgan fingerprint density at radius 1 is 1.35 bits per heavy atom. The molecule has 1 aromatic heterocycles. The second kappa shape index (κ2) is 4.47. The lowest BCUT2D eigenvalue weighted by atomic mass is 10.3. The summed E-state index contributed by atoms with van der Waals surface area (Å²) in [6.45, 7) is 0. The van der Waals surface area contributed by atoms with Crippen LogP contribution in [0.25, 0.3) is 0 Å². The summed E-state index contributed by atoms with van der Waals surface area (Å²) in [6, 6.07) is 6.60. The molecule has 0 aliphatic carbocycles. The van der Waals surface area contributed by atoms with E-state index in [2.05, 4.69) is 5.32 Å². The van der Waals surface area contributed by atoms with E-state index in [0.717, 1.165) is 6.07 Å². The van der Waals surface area contributed by atoms with Crippen LogP contribution in [-0.2, 0) is 0 Å². The van der Waals surface area contributed by atoms with Gasteiger partial charge < -0.3 is 14.8 Å². The molecule has 0 aliphatic rings. The zero-order valence-corrected chi connectivity index (χ0v) is 9.16. The number of hydrogen-bond donors (Lipinski definition) is 2. The molecule has 1 heterocycles. The van der Waals surface area contributed by atoms with Gasteiger partial charge in [0.1, 0.15) is 5.82 Å². The van der Waals surface area contributed by atoms with E-state index < -0.39 is 11.8 Å². The van der Waals surface area contributed by atoms with Gasteiger partial charge in [-0.25, -0.2) is 9.18 Å². The lowest BCUT2D eigenvalue weighted by molar-refractivity contribution is 0.0663. The van der Waals surface area contributed by atoms with Crippen LogP contribution in [0.5, 0.6) is 0 Å². The summed E-state index contributed by atoms with van der Waals surface area (Å²) < 4.78 is 18.0. The van der Waals surface area contributed by atoms with Gasteiger partial charge in [-0.15, -0.1) is 0 Å². The molecule has 0 fully saturated rings. The first kappa shape index (κ1) is 11.5. The SMILES string of the molecule is O=C(O)c1ccc(Nc2cc(F)cc(Cl)c2)o1. The first-order valence-electron chi connectivity index (χ1n) is 4.61. The fraction of sp³-hybridized carbons (Fsp3) is 0. The molecule has 0 bridgehead atoms. The minimum atomic E-state index is -1.17. The minimum Gasteiger partial charge on any atom is -0.475 e. The van der Waals surface area contributed by atoms with Crippen LogP contribution in [-0.4, -0.2) is 11.1 Å². The van der Waals surface area contributed by atoms with Gasteiger partial charge in [0.2, 0.25) is 5.76 Å². The molecule has 0 radical (unpaired) electrons. The van der Waals surface area contributed by atoms with Crippen LogP contribution in [0.1, 0.15) is 10.6 Å². The normalized spacial score (nSPS) is 10.2. The number of rotatable bonds is 3. The predicted octanol–water partition coefficient (Wildman–Crippen LogP) is 3.51. The fourth-order valence-corrected chi connectivity index (χ4v) is 1.51. The van der Waals surface area contributed by atoms with Gasteiger partial charge in [0, 0.05) is 16.8 Å². The molecule has 0 aliphatic heterocycles. The second-order valence-corrected chi connectivity index (χ2v) is 3.69. The molecule has 0 unspecified atom stereocenters. The van der Waals surface area contributed by atoms with E-state index in [9.17, 15) is 9.18 Å². The maximum Gasteiger partial charge on any atom is 0.371 e. The van der Waals surface area contributed by atoms with Crippen molar-refractivity contribution < 1.29 is 18.7 Å². The number of halogens is 2. The van der Waals surface area contributed by atoms with E-state index in [1.54, 1.807) is 0 Å². The third-order valence-corrected chi connectivity index (χ3v) is 2.17. The Morgan fingerprint density at radius 3 is 2.71 bits per heavy atom. The number of benzene rings is 1. The summed E-state index contributed by atoms with van der Waals surface area (Å²) in [5.74, 6) is -1.67. The Bertz CT molecular complexity index is 547. The summed E-state index contributed by atoms with van der Waals surface area (Å²) >= 11 is 5.67. The smallest absolute Gasteiger partial charge is 0.371 e. The highest BCUT2D eigenvalue weighted by atomic mass is 35.5. The number of hydrogen-bond acceptors (Lipinski definition) is 3. The average Bonchev–Trinajstić information content (AvgIpc) is 2.64. The first-order valence-corrected chi connectivity index (χ1v) is 4.98. The number of anilines is 2. The Morgan fingerprint density at radius 2 is 2.12 bits per heavy atom. The fourth-order valence-electron chi connectivity index (χ4n) is 1.29. The highest BCUT2D eigenvalue weighted by molar-refractivity contribution is 6.30. The van der Waals surface area contributed by atoms with E-state index in [1.165, 1.54) is 24.3 Å². The molecule has 2 N–H and O–H groups in total. The van der Waals surface area contributed by atoms with Gasteiger partial charge in [-0.05, 0) is 24.3 Å². The van der Waals surface area contributed by atoms with Gasteiger partial charge >= 0.3 is 5.97 Å². The number of aromatic carboxylic acids is 1. The Kier molecular flexibility index (Phi) is 3.01. The van der Waals surface area contributed by atoms with Crippen LogP contribution in [0.15, 0.2) is 34.7 Å². The van der Waals surface area contributed by atoms with Crippen molar-refractivity contribution in [2.24, 2.45) is 0 Å². The third kappa shape index (κ3) is 2.76. The van der Waals surface area contributed by atoms with Gasteiger partial charge in [-0.3, -0.25) is 0 Å². The van der Waals surface area contributed by atoms with Crippen molar-refractivity contribution in [2.75, 3.05) is 5.32 Å². The maximum absolute atomic E-state index is 13.0. The Balaban J connectivity index is 2.22. The van der Waals surface area contributed by atoms with E-state index in [-0.39, 0.29) is 16.7 Å². The van der Waals surface area contributed by atoms with Crippen molar-refractivity contribution in [2.45, 2.75) is 0 Å². The highest BCUT2D eigenvalue weighted by Gasteiger charge is 2.09. The highest BCUT2D eigenvalue weighted by Crippen LogP contribution is 2.23. The minimum absolute atomic E-state index is 0.198. The van der Waals surface area contributed by atoms with Crippen molar-refractivity contribution in [3.05, 3.63) is 46.9 Å². The molecule has 0 amide bonds. The number of nitrogens with one attached hydrogen (secondary N) is 1. The van der Waals surface area contributed by atoms with Crippen molar-refractivity contribution in [3.8, 4) is 0 Å². The van der Waals surface area contributed by atoms with Crippen molar-refractivity contribution in [1.29, 1.82) is 0 Å². The summed E-state index contributed by atoms with van der Waals surface area (Å²) in [5, 5.41) is 11.6. The molecule has 0 saturated carbocycles. The molecule has 17 heavy (non-hydrogen) atoms. The topological polar surface area (TPSA) is 62.5 Å². The summed E-state index contributed by atoms with van der Waals surface area (Å²) in [5.41, 5.74) is 0.376. The van der Waals surface area contributed by atoms with Crippen molar-refractivity contribution in [3.63, 3.8) is 0 Å². The summed E-state index contributed by atoms with van der Waals surface area (Å²) in [7, 11) is 0. The first-order chi connectivity index (χ1) is 8.04. The zero-order valence-electron chi connectivity index (χ0n) is 8.41. The van der Waals surface area contributed by atoms with Gasteiger partial charge in [-0.2, -0.15) is 0 Å². The van der Waals surface area contributed by atoms with Crippen LogP contribution < -0.4 is 5.32 Å². The van der Waals surface area contributed by atoms with E-state index in [0.29, 0.717) is 5.69 Å². The number of furan rings is 1. The molecule has 0 atom stereocenters. The molecule has 2 rings (SSSR count). The monoisotopic (exact) mass is 255 g/mol. The summed E-state index contributed by atoms with van der Waals surface area (Å²) in [4.78, 5) is 10.6. The molecule has 1 aromatic carbocycles. The van der Waals surface area contributed by atoms with E-state index in [4.69, 9.17) is 21.1 Å². The predicted molar refractivity (Wildman–Crippen MR) is 60.4 cm³/mol. The van der Waals surface area contributed by atoms with Crippen LogP contribution in [0, 0.1) is 5.82 Å². The average molecular weight is 256 g/mol. The van der Waals surface area contributed by atoms with Gasteiger partial charge in [0.05, 0.1) is 0 Å². The van der Waals surface area contributed by atoms with Gasteiger partial charge in [0.25, 0.3) is 0 Å². The Hall–Kier alpha value is -2.01. The van der Waals surface area contributed by atoms with Crippen LogP contribution in [0.4, 0.5) is 16.0 Å². The van der Waals surface area contributed by atoms with Crippen molar-refractivity contribution >= 4 is 29.1 Å². The largest absolute Gasteiger partial charge is 0.475 e. The molecular formula is C11H7ClFNO3. The summed E-state index contributed by atoms with van der Waals surface area (Å²) in [6.07, 6.45) is 0. The molecule has 6 heteroatoms. The zero-order chi connectivity index (χ0) is 12.4. The molecule has 0 spiro atoms. The number of carboxylic acids is 1. The molecule has 4 nitrogen and oxygen atoms in total. The molecule has 88 valence electrons. The third-order valence-electron chi connectivity index (χ3n) is 1.95. The van der Waals surface area contributed by atoms with Crippen molar-refractivity contribution in [1.82, 2.24) is 0 Å². The standard InChI is InChI=1S/C11H7ClFNO3/c12-6-3-7(13)5-8(4-6)14-10-2-1-9(17-10)11(15)16/h1-5,14H,(H,15,16). The molecule has 2 aromatic rings. The number of carbonyl (C=O) groups is 1. The quantitative estimate of drug-likeness (QED) is 0.881. The van der Waals surface area contributed by atoms with Crippen LogP contribution in [0.2, 0.25) is 5.02 Å². The van der Waals surface area contributed by atoms with Gasteiger partial charge in [-0.1, -0.05) is 11.6 Å². The van der Waals surface area contributed by atoms with E-state index in [1.807, 2.05) is 0 Å². The number of carboxylic acid groups (broad SMARTS) is 1. The maximum atomic E-state index is 13.0. The molecule has 0 saturated heterocycles.